The number of halogens is 7. The average Bonchev–Trinajstić information content (AvgIpc) is 2.92. The molecule has 1 heterocycles. The zero-order valence-electron chi connectivity index (χ0n) is 23.2. The predicted molar refractivity (Wildman–Crippen MR) is 123 cm³/mol. The fourth-order valence-electron chi connectivity index (χ4n) is 4.86. The van der Waals surface area contributed by atoms with E-state index in [0.717, 1.165) is 20.8 Å². The molecular formula is C24H36F7N2O6+. The van der Waals surface area contributed by atoms with E-state index in [2.05, 4.69) is 0 Å². The zero-order chi connectivity index (χ0) is 31.3. The molecule has 0 aromatic heterocycles. The van der Waals surface area contributed by atoms with Gasteiger partial charge in [-0.25, -0.2) is 4.79 Å². The third-order valence-corrected chi connectivity index (χ3v) is 6.23. The number of quaternary nitrogens is 1. The summed E-state index contributed by atoms with van der Waals surface area (Å²) in [6, 6.07) is -2.46. The summed E-state index contributed by atoms with van der Waals surface area (Å²) in [4.78, 5) is 39.5. The summed E-state index contributed by atoms with van der Waals surface area (Å²) in [5.74, 6) is -15.7. The molecule has 8 nitrogen and oxygen atoms in total. The smallest absolute Gasteiger partial charge is 0.455 e. The number of ether oxygens (including phenoxy) is 2. The quantitative estimate of drug-likeness (QED) is 0.195. The lowest BCUT2D eigenvalue weighted by Crippen LogP contribution is -2.80. The van der Waals surface area contributed by atoms with Crippen molar-refractivity contribution in [1.29, 1.82) is 0 Å². The van der Waals surface area contributed by atoms with Crippen molar-refractivity contribution in [3.8, 4) is 0 Å². The van der Waals surface area contributed by atoms with Crippen molar-refractivity contribution >= 4 is 18.0 Å². The van der Waals surface area contributed by atoms with E-state index in [-0.39, 0.29) is 6.08 Å². The molecule has 0 aromatic carbocycles. The van der Waals surface area contributed by atoms with Crippen LogP contribution in [0.5, 0.6) is 0 Å². The van der Waals surface area contributed by atoms with Gasteiger partial charge in [0.25, 0.3) is 5.91 Å². The number of likely N-dealkylation sites (tertiary alicyclic amines) is 1. The number of aliphatic hydroxyl groups is 1. The lowest BCUT2D eigenvalue weighted by molar-refractivity contribution is -0.973. The standard InChI is InChI=1S/C24H35F7N2O6/c1-10-12-20(22(25,26)23(27,28)24(29,30)31)13-15(16(35)38-18(4,5)6)33(32-14(3)34,21(20,37)11-2)17(36)39-19(7,8)9/h10,12,15,37H,11,13H2,1-9H3/p+1/b12-10-/t15-,20-,21-,33+/m1/s1. The number of amides is 2. The van der Waals surface area contributed by atoms with Crippen molar-refractivity contribution in [2.45, 2.75) is 116 Å². The molecule has 0 bridgehead atoms. The molecule has 1 fully saturated rings. The van der Waals surface area contributed by atoms with Crippen LogP contribution in [0.3, 0.4) is 0 Å². The van der Waals surface area contributed by atoms with Gasteiger partial charge in [0.2, 0.25) is 11.8 Å². The molecule has 1 saturated heterocycles. The number of allylic oxidation sites excluding steroid dienone is 1. The average molecular weight is 582 g/mol. The van der Waals surface area contributed by atoms with E-state index in [4.69, 9.17) is 9.47 Å². The van der Waals surface area contributed by atoms with Gasteiger partial charge in [0.1, 0.15) is 16.6 Å². The topological polar surface area (TPSA) is 102 Å². The molecule has 0 unspecified atom stereocenters. The Morgan fingerprint density at radius 3 is 1.77 bits per heavy atom. The first kappa shape index (κ1) is 34.6. The Morgan fingerprint density at radius 2 is 1.44 bits per heavy atom. The highest BCUT2D eigenvalue weighted by Crippen LogP contribution is 2.67. The summed E-state index contributed by atoms with van der Waals surface area (Å²) in [6.07, 6.45) is -10.5. The molecule has 1 rings (SSSR count). The molecular weight excluding hydrogens is 545 g/mol. The molecule has 0 aliphatic carbocycles. The van der Waals surface area contributed by atoms with Crippen molar-refractivity contribution in [3.05, 3.63) is 12.2 Å². The van der Waals surface area contributed by atoms with Gasteiger partial charge in [-0.05, 0) is 48.5 Å². The highest BCUT2D eigenvalue weighted by atomic mass is 19.4. The largest absolute Gasteiger partial charge is 0.545 e. The number of carbonyl (C=O) groups is 3. The molecule has 2 N–H and O–H groups in total. The Bertz CT molecular complexity index is 1000. The lowest BCUT2D eigenvalue weighted by Gasteiger charge is -2.50. The molecule has 15 heteroatoms. The van der Waals surface area contributed by atoms with Crippen molar-refractivity contribution in [3.63, 3.8) is 0 Å². The Labute approximate surface area is 222 Å². The van der Waals surface area contributed by atoms with Crippen LogP contribution in [0.25, 0.3) is 0 Å². The summed E-state index contributed by atoms with van der Waals surface area (Å²) >= 11 is 0. The number of hydrogen-bond acceptors (Lipinski definition) is 6. The van der Waals surface area contributed by atoms with Crippen molar-refractivity contribution in [2.24, 2.45) is 5.41 Å². The molecule has 4 atom stereocenters. The van der Waals surface area contributed by atoms with Crippen LogP contribution in [0.4, 0.5) is 35.5 Å². The fourth-order valence-corrected chi connectivity index (χ4v) is 4.86. The molecule has 226 valence electrons. The summed E-state index contributed by atoms with van der Waals surface area (Å²) in [7, 11) is 0. The summed E-state index contributed by atoms with van der Waals surface area (Å²) in [5, 5.41) is 12.0. The minimum Gasteiger partial charge on any atom is -0.455 e. The van der Waals surface area contributed by atoms with Crippen LogP contribution in [-0.4, -0.2) is 68.7 Å². The van der Waals surface area contributed by atoms with Gasteiger partial charge in [-0.15, -0.1) is 0 Å². The SMILES string of the molecule is C/C=C\[C@@]1(C(F)(F)C(F)(F)C(F)(F)F)C[C@H](C(=O)OC(C)(C)C)[N@+](NC(C)=O)(C(=O)OC(C)(C)C)[C@@]1(O)CC. The van der Waals surface area contributed by atoms with E-state index < -0.39 is 81.8 Å². The monoisotopic (exact) mass is 581 g/mol. The Kier molecular flexibility index (Phi) is 9.05. The first-order valence-corrected chi connectivity index (χ1v) is 12.0. The Balaban J connectivity index is 4.42. The number of nitrogens with one attached hydrogen (secondary N) is 1. The van der Waals surface area contributed by atoms with E-state index >= 15 is 8.78 Å². The number of carbonyl (C=O) groups excluding carboxylic acids is 3. The van der Waals surface area contributed by atoms with Gasteiger partial charge < -0.3 is 14.6 Å². The third-order valence-electron chi connectivity index (χ3n) is 6.23. The fraction of sp³-hybridized carbons (Fsp3) is 0.792. The van der Waals surface area contributed by atoms with Crippen molar-refractivity contribution in [1.82, 2.24) is 5.43 Å². The molecule has 0 radical (unpaired) electrons. The van der Waals surface area contributed by atoms with E-state index in [1.807, 2.05) is 5.43 Å². The zero-order valence-corrected chi connectivity index (χ0v) is 23.2. The number of esters is 1. The first-order valence-electron chi connectivity index (χ1n) is 12.0. The number of alkyl halides is 7. The lowest BCUT2D eigenvalue weighted by atomic mass is 9.67. The van der Waals surface area contributed by atoms with E-state index in [1.54, 1.807) is 0 Å². The van der Waals surface area contributed by atoms with Gasteiger partial charge in [-0.2, -0.15) is 41.0 Å². The highest BCUT2D eigenvalue weighted by molar-refractivity contribution is 5.81. The third kappa shape index (κ3) is 5.48. The summed E-state index contributed by atoms with van der Waals surface area (Å²) in [6.45, 7) is 10.6. The maximum absolute atomic E-state index is 15.9. The van der Waals surface area contributed by atoms with Crippen LogP contribution in [-0.2, 0) is 19.1 Å². The number of hydrogen-bond donors (Lipinski definition) is 2. The molecule has 0 saturated carbocycles. The predicted octanol–water partition coefficient (Wildman–Crippen LogP) is 5.40. The Hall–Kier alpha value is -2.42. The maximum atomic E-state index is 15.9. The molecule has 0 aromatic rings. The molecule has 0 spiro atoms. The van der Waals surface area contributed by atoms with E-state index in [9.17, 15) is 41.4 Å². The number of rotatable bonds is 5. The van der Waals surface area contributed by atoms with Gasteiger partial charge in [0, 0.05) is 19.8 Å². The summed E-state index contributed by atoms with van der Waals surface area (Å²) in [5.41, 5.74) is -8.66. The second-order valence-corrected chi connectivity index (χ2v) is 11.4. The minimum absolute atomic E-state index is 0.194. The van der Waals surface area contributed by atoms with Crippen LogP contribution in [0.2, 0.25) is 0 Å². The van der Waals surface area contributed by atoms with E-state index in [1.165, 1.54) is 41.5 Å². The van der Waals surface area contributed by atoms with Crippen LogP contribution < -0.4 is 5.43 Å². The molecule has 2 amide bonds. The normalized spacial score (nSPS) is 28.9. The van der Waals surface area contributed by atoms with Gasteiger partial charge in [0.15, 0.2) is 0 Å². The second kappa shape index (κ2) is 10.2. The van der Waals surface area contributed by atoms with Crippen molar-refractivity contribution in [2.75, 3.05) is 0 Å². The van der Waals surface area contributed by atoms with Gasteiger partial charge in [0.05, 0.1) is 0 Å². The summed E-state index contributed by atoms with van der Waals surface area (Å²) < 4.78 is 109. The van der Waals surface area contributed by atoms with Crippen LogP contribution >= 0.6 is 0 Å². The van der Waals surface area contributed by atoms with Gasteiger partial charge in [-0.1, -0.05) is 23.7 Å². The van der Waals surface area contributed by atoms with Gasteiger partial charge >= 0.3 is 30.1 Å². The van der Waals surface area contributed by atoms with Crippen LogP contribution in [0, 0.1) is 5.41 Å². The van der Waals surface area contributed by atoms with Crippen LogP contribution in [0.1, 0.15) is 75.2 Å². The van der Waals surface area contributed by atoms with Crippen LogP contribution in [0.15, 0.2) is 12.2 Å². The minimum atomic E-state index is -6.82. The number of nitrogens with zero attached hydrogens (tertiary/aromatic N) is 1. The maximum Gasteiger partial charge on any atom is 0.545 e. The Morgan fingerprint density at radius 1 is 0.974 bits per heavy atom. The first-order chi connectivity index (χ1) is 17.1. The van der Waals surface area contributed by atoms with E-state index in [0.29, 0.717) is 6.08 Å². The molecule has 1 aliphatic rings. The molecule has 39 heavy (non-hydrogen) atoms. The second-order valence-electron chi connectivity index (χ2n) is 11.4. The van der Waals surface area contributed by atoms with Gasteiger partial charge in [-0.3, -0.25) is 4.79 Å². The molecule has 1 aliphatic heterocycles. The van der Waals surface area contributed by atoms with Crippen molar-refractivity contribution < 1.29 is 64.3 Å². The highest BCUT2D eigenvalue weighted by Gasteiger charge is 2.91.